The van der Waals surface area contributed by atoms with Crippen molar-refractivity contribution >= 4 is 33.1 Å². The molecule has 1 amide bonds. The summed E-state index contributed by atoms with van der Waals surface area (Å²) in [4.78, 5) is 18.4. The Morgan fingerprint density at radius 1 is 1.00 bits per heavy atom. The molecule has 0 unspecified atom stereocenters. The Morgan fingerprint density at radius 2 is 1.80 bits per heavy atom. The van der Waals surface area contributed by atoms with E-state index < -0.39 is 6.29 Å². The third-order valence-corrected chi connectivity index (χ3v) is 8.93. The highest BCUT2D eigenvalue weighted by Gasteiger charge is 2.38. The van der Waals surface area contributed by atoms with Gasteiger partial charge in [-0.2, -0.15) is 0 Å². The average Bonchev–Trinajstić information content (AvgIpc) is 3.71. The van der Waals surface area contributed by atoms with Crippen LogP contribution in [0.2, 0.25) is 0 Å². The van der Waals surface area contributed by atoms with Gasteiger partial charge < -0.3 is 38.8 Å². The van der Waals surface area contributed by atoms with E-state index in [1.165, 1.54) is 5.56 Å². The first kappa shape index (κ1) is 32.0. The number of fused-ring (bicyclic) bond motifs is 2. The molecule has 0 radical (unpaired) electrons. The summed E-state index contributed by atoms with van der Waals surface area (Å²) in [5.74, 6) is 0.796. The van der Waals surface area contributed by atoms with Crippen LogP contribution in [0.4, 0.5) is 5.69 Å². The van der Waals surface area contributed by atoms with E-state index >= 15 is 0 Å². The van der Waals surface area contributed by atoms with Crippen LogP contribution < -0.4 is 14.8 Å². The van der Waals surface area contributed by atoms with E-state index in [9.17, 15) is 4.79 Å². The highest BCUT2D eigenvalue weighted by Crippen LogP contribution is 2.42. The molecular weight excluding hydrogens is 608 g/mol. The van der Waals surface area contributed by atoms with Gasteiger partial charge in [0.2, 0.25) is 13.1 Å². The van der Waals surface area contributed by atoms with Gasteiger partial charge in [0, 0.05) is 36.3 Å². The number of carbonyl (C=O) groups is 1. The lowest BCUT2D eigenvalue weighted by Crippen LogP contribution is -2.38. The number of aliphatic hydroxyl groups excluding tert-OH is 1. The molecule has 2 N–H and O–H groups in total. The molecule has 4 aromatic rings. The van der Waals surface area contributed by atoms with Crippen molar-refractivity contribution in [1.82, 2.24) is 4.98 Å². The van der Waals surface area contributed by atoms with Crippen molar-refractivity contribution in [3.8, 4) is 22.1 Å². The average molecular weight is 647 g/mol. The number of benzene rings is 3. The number of aromatic nitrogens is 1. The van der Waals surface area contributed by atoms with Crippen LogP contribution in [0, 0.1) is 12.8 Å². The van der Waals surface area contributed by atoms with Gasteiger partial charge in [-0.05, 0) is 86.0 Å². The molecule has 2 aliphatic rings. The Bertz CT molecular complexity index is 1670. The number of thiazole rings is 1. The summed E-state index contributed by atoms with van der Waals surface area (Å²) in [5, 5.41) is 12.8. The number of aliphatic hydroxyl groups is 1. The minimum atomic E-state index is -0.676. The van der Waals surface area contributed by atoms with E-state index in [0.29, 0.717) is 50.0 Å². The van der Waals surface area contributed by atoms with Gasteiger partial charge in [-0.3, -0.25) is 4.79 Å². The molecule has 10 nitrogen and oxygen atoms in total. The minimum Gasteiger partial charge on any atom is -0.459 e. The van der Waals surface area contributed by atoms with Crippen molar-refractivity contribution in [3.05, 3.63) is 83.6 Å². The normalized spacial score (nSPS) is 18.8. The first-order chi connectivity index (χ1) is 22.5. The molecule has 0 saturated heterocycles. The minimum absolute atomic E-state index is 0.0237. The van der Waals surface area contributed by atoms with E-state index in [4.69, 9.17) is 38.5 Å². The standard InChI is InChI=1S/C35H38N2O8S/c1-3-42-35-26(12-14-40-16-17-41-15-13-38)27(24-7-11-29-30(19-24)44-21-43-29)20-31(45-35)33(39)36-25-8-5-23(6-9-25)34-37-28-10-4-22(2)18-32(28)46-34/h4-11,18-20,26-27,35,38H,3,12-17,21H2,1-2H3,(H,36,39)/t26-,27+,35+/m0/s1. The Morgan fingerprint density at radius 3 is 2.61 bits per heavy atom. The molecule has 2 aliphatic heterocycles. The van der Waals surface area contributed by atoms with Crippen LogP contribution in [0.1, 0.15) is 30.4 Å². The van der Waals surface area contributed by atoms with Gasteiger partial charge in [0.05, 0.1) is 36.6 Å². The molecule has 6 rings (SSSR count). The Labute approximate surface area is 271 Å². The predicted octanol–water partition coefficient (Wildman–Crippen LogP) is 6.03. The van der Waals surface area contributed by atoms with Crippen molar-refractivity contribution < 1.29 is 38.3 Å². The monoisotopic (exact) mass is 646 g/mol. The van der Waals surface area contributed by atoms with Crippen molar-refractivity contribution in [1.29, 1.82) is 0 Å². The number of hydrogen-bond acceptors (Lipinski definition) is 10. The Hall–Kier alpha value is -4.00. The van der Waals surface area contributed by atoms with Gasteiger partial charge >= 0.3 is 0 Å². The lowest BCUT2D eigenvalue weighted by molar-refractivity contribution is -0.166. The van der Waals surface area contributed by atoms with Crippen molar-refractivity contribution in [2.75, 3.05) is 51.8 Å². The van der Waals surface area contributed by atoms with Crippen LogP contribution in [0.3, 0.4) is 0 Å². The molecule has 3 aromatic carbocycles. The summed E-state index contributed by atoms with van der Waals surface area (Å²) in [5.41, 5.74) is 4.75. The third-order valence-electron chi connectivity index (χ3n) is 7.86. The number of rotatable bonds is 14. The summed E-state index contributed by atoms with van der Waals surface area (Å²) >= 11 is 1.65. The van der Waals surface area contributed by atoms with Crippen LogP contribution in [-0.4, -0.2) is 68.7 Å². The lowest BCUT2D eigenvalue weighted by Gasteiger charge is -2.37. The fraction of sp³-hybridized carbons (Fsp3) is 0.371. The highest BCUT2D eigenvalue weighted by molar-refractivity contribution is 7.21. The highest BCUT2D eigenvalue weighted by atomic mass is 32.1. The lowest BCUT2D eigenvalue weighted by atomic mass is 9.81. The van der Waals surface area contributed by atoms with Crippen LogP contribution in [0.5, 0.6) is 11.5 Å². The molecule has 1 aromatic heterocycles. The van der Waals surface area contributed by atoms with Crippen LogP contribution in [0.25, 0.3) is 20.8 Å². The van der Waals surface area contributed by atoms with E-state index in [1.54, 1.807) is 11.3 Å². The SMILES string of the molecule is CCO[C@@H]1OC(C(=O)Nc2ccc(-c3nc4ccc(C)cc4s3)cc2)=C[C@H](c2ccc3c(c2)OCO3)[C@@H]1CCOCCOCCO. The summed E-state index contributed by atoms with van der Waals surface area (Å²) in [6, 6.07) is 19.7. The number of amides is 1. The Kier molecular flexibility index (Phi) is 10.5. The first-order valence-electron chi connectivity index (χ1n) is 15.5. The summed E-state index contributed by atoms with van der Waals surface area (Å²) in [7, 11) is 0. The number of ether oxygens (including phenoxy) is 6. The zero-order chi connectivity index (χ0) is 31.9. The molecule has 11 heteroatoms. The number of hydrogen-bond donors (Lipinski definition) is 2. The van der Waals surface area contributed by atoms with Crippen molar-refractivity contribution in [2.24, 2.45) is 5.92 Å². The second-order valence-electron chi connectivity index (χ2n) is 11.0. The number of carbonyl (C=O) groups excluding carboxylic acids is 1. The molecule has 0 bridgehead atoms. The third kappa shape index (κ3) is 7.51. The van der Waals surface area contributed by atoms with Gasteiger partial charge in [-0.15, -0.1) is 11.3 Å². The fourth-order valence-electron chi connectivity index (χ4n) is 5.59. The maximum atomic E-state index is 13.6. The van der Waals surface area contributed by atoms with Gasteiger partial charge in [-0.1, -0.05) is 12.1 Å². The van der Waals surface area contributed by atoms with Crippen LogP contribution >= 0.6 is 11.3 Å². The van der Waals surface area contributed by atoms with Crippen molar-refractivity contribution in [3.63, 3.8) is 0 Å². The Balaban J connectivity index is 1.19. The molecule has 242 valence electrons. The summed E-state index contributed by atoms with van der Waals surface area (Å²) in [6.45, 7) is 6.05. The van der Waals surface area contributed by atoms with E-state index in [-0.39, 0.29) is 43.5 Å². The molecule has 0 spiro atoms. The van der Waals surface area contributed by atoms with Gasteiger partial charge in [0.1, 0.15) is 5.01 Å². The van der Waals surface area contributed by atoms with Gasteiger partial charge in [-0.25, -0.2) is 4.98 Å². The van der Waals surface area contributed by atoms with Gasteiger partial charge in [0.25, 0.3) is 5.91 Å². The number of nitrogens with one attached hydrogen (secondary N) is 1. The van der Waals surface area contributed by atoms with Gasteiger partial charge in [0.15, 0.2) is 17.3 Å². The second-order valence-corrected chi connectivity index (χ2v) is 12.1. The summed E-state index contributed by atoms with van der Waals surface area (Å²) < 4.78 is 35.7. The smallest absolute Gasteiger partial charge is 0.290 e. The molecule has 0 fully saturated rings. The summed E-state index contributed by atoms with van der Waals surface area (Å²) in [6.07, 6.45) is 1.79. The largest absolute Gasteiger partial charge is 0.459 e. The quantitative estimate of drug-likeness (QED) is 0.158. The van der Waals surface area contributed by atoms with Crippen LogP contribution in [0.15, 0.2) is 72.5 Å². The molecular formula is C35H38N2O8S. The van der Waals surface area contributed by atoms with E-state index in [2.05, 4.69) is 24.4 Å². The van der Waals surface area contributed by atoms with E-state index in [1.807, 2.05) is 61.5 Å². The number of aryl methyl sites for hydroxylation is 1. The van der Waals surface area contributed by atoms with Crippen molar-refractivity contribution in [2.45, 2.75) is 32.5 Å². The fourth-order valence-corrected chi connectivity index (χ4v) is 6.66. The predicted molar refractivity (Wildman–Crippen MR) is 175 cm³/mol. The second kappa shape index (κ2) is 15.1. The molecule has 3 atom stereocenters. The number of nitrogens with zero attached hydrogens (tertiary/aromatic N) is 1. The number of anilines is 1. The van der Waals surface area contributed by atoms with E-state index in [0.717, 1.165) is 26.4 Å². The zero-order valence-corrected chi connectivity index (χ0v) is 26.7. The topological polar surface area (TPSA) is 118 Å². The zero-order valence-electron chi connectivity index (χ0n) is 25.9. The molecule has 3 heterocycles. The maximum Gasteiger partial charge on any atom is 0.290 e. The number of allylic oxidation sites excluding steroid dienone is 1. The first-order valence-corrected chi connectivity index (χ1v) is 16.3. The molecule has 46 heavy (non-hydrogen) atoms. The maximum absolute atomic E-state index is 13.6. The molecule has 0 aliphatic carbocycles. The molecule has 0 saturated carbocycles. The van der Waals surface area contributed by atoms with Crippen LogP contribution in [-0.2, 0) is 23.7 Å².